The molecule has 9 heteroatoms. The highest BCUT2D eigenvalue weighted by Crippen LogP contribution is 2.24. The molecule has 1 atom stereocenters. The van der Waals surface area contributed by atoms with Gasteiger partial charge in [0.2, 0.25) is 21.8 Å². The molecule has 1 aliphatic rings. The van der Waals surface area contributed by atoms with Gasteiger partial charge in [-0.05, 0) is 67.1 Å². The number of hydrogen-bond donors (Lipinski definition) is 1. The number of rotatable bonds is 13. The quantitative estimate of drug-likeness (QED) is 0.295. The average molecular weight is 592 g/mol. The summed E-state index contributed by atoms with van der Waals surface area (Å²) in [5.41, 5.74) is 3.26. The highest BCUT2D eigenvalue weighted by molar-refractivity contribution is 7.92. The van der Waals surface area contributed by atoms with E-state index in [1.807, 2.05) is 68.4 Å². The number of amides is 2. The third kappa shape index (κ3) is 8.35. The second kappa shape index (κ2) is 14.4. The standard InChI is InChI=1S/C33H41N3O5S/c1-4-31(33(38)34-28-16-10-11-17-28)35(22-27-15-9-8-12-25(27)2)32(37)23-36(42(3,39)40)29-18-20-30(21-19-29)41-24-26-13-6-5-7-14-26/h5-9,12-15,18-21,28,31H,4,10-11,16-17,22-24H2,1-3H3,(H,34,38). The summed E-state index contributed by atoms with van der Waals surface area (Å²) in [6, 6.07) is 23.5. The highest BCUT2D eigenvalue weighted by atomic mass is 32.2. The molecule has 3 aromatic carbocycles. The van der Waals surface area contributed by atoms with Gasteiger partial charge in [-0.15, -0.1) is 0 Å². The molecule has 1 unspecified atom stereocenters. The molecule has 1 aliphatic carbocycles. The maximum atomic E-state index is 14.0. The van der Waals surface area contributed by atoms with Crippen molar-refractivity contribution in [2.45, 2.75) is 71.2 Å². The van der Waals surface area contributed by atoms with Crippen LogP contribution in [0.15, 0.2) is 78.9 Å². The van der Waals surface area contributed by atoms with Crippen LogP contribution >= 0.6 is 0 Å². The Morgan fingerprint density at radius 3 is 2.21 bits per heavy atom. The van der Waals surface area contributed by atoms with Crippen molar-refractivity contribution in [1.29, 1.82) is 0 Å². The average Bonchev–Trinajstić information content (AvgIpc) is 3.49. The van der Waals surface area contributed by atoms with Gasteiger partial charge in [0.1, 0.15) is 24.9 Å². The molecule has 1 saturated carbocycles. The zero-order chi connectivity index (χ0) is 30.1. The number of nitrogens with zero attached hydrogens (tertiary/aromatic N) is 2. The Kier molecular flexibility index (Phi) is 10.6. The van der Waals surface area contributed by atoms with Crippen molar-refractivity contribution in [3.63, 3.8) is 0 Å². The Labute approximate surface area is 249 Å². The van der Waals surface area contributed by atoms with Gasteiger partial charge < -0.3 is 15.0 Å². The SMILES string of the molecule is CCC(C(=O)NC1CCCC1)N(Cc1ccccc1C)C(=O)CN(c1ccc(OCc2ccccc2)cc1)S(C)(=O)=O. The van der Waals surface area contributed by atoms with Crippen LogP contribution in [0.1, 0.15) is 55.7 Å². The smallest absolute Gasteiger partial charge is 0.244 e. The van der Waals surface area contributed by atoms with Crippen LogP contribution < -0.4 is 14.4 Å². The second-order valence-corrected chi connectivity index (χ2v) is 12.8. The fourth-order valence-electron chi connectivity index (χ4n) is 5.32. The van der Waals surface area contributed by atoms with E-state index in [4.69, 9.17) is 4.74 Å². The van der Waals surface area contributed by atoms with Gasteiger partial charge in [0, 0.05) is 12.6 Å². The van der Waals surface area contributed by atoms with Crippen molar-refractivity contribution < 1.29 is 22.7 Å². The first-order valence-electron chi connectivity index (χ1n) is 14.5. The predicted molar refractivity (Wildman–Crippen MR) is 166 cm³/mol. The van der Waals surface area contributed by atoms with Gasteiger partial charge >= 0.3 is 0 Å². The van der Waals surface area contributed by atoms with Gasteiger partial charge in [-0.3, -0.25) is 13.9 Å². The third-order valence-corrected chi connectivity index (χ3v) is 8.88. The van der Waals surface area contributed by atoms with Crippen LogP contribution in [0.3, 0.4) is 0 Å². The van der Waals surface area contributed by atoms with Crippen LogP contribution in [0, 0.1) is 6.92 Å². The molecule has 4 rings (SSSR count). The Hall–Kier alpha value is -3.85. The first-order valence-corrected chi connectivity index (χ1v) is 16.4. The molecule has 8 nitrogen and oxygen atoms in total. The molecule has 3 aromatic rings. The molecule has 1 N–H and O–H groups in total. The lowest BCUT2D eigenvalue weighted by atomic mass is 10.1. The lowest BCUT2D eigenvalue weighted by Crippen LogP contribution is -2.53. The summed E-state index contributed by atoms with van der Waals surface area (Å²) in [6.07, 6.45) is 5.50. The lowest BCUT2D eigenvalue weighted by Gasteiger charge is -2.33. The van der Waals surface area contributed by atoms with E-state index in [-0.39, 0.29) is 18.5 Å². The van der Waals surface area contributed by atoms with E-state index < -0.39 is 28.5 Å². The fourth-order valence-corrected chi connectivity index (χ4v) is 6.17. The molecule has 2 amide bonds. The van der Waals surface area contributed by atoms with E-state index in [2.05, 4.69) is 5.32 Å². The first-order chi connectivity index (χ1) is 20.2. The maximum Gasteiger partial charge on any atom is 0.244 e. The van der Waals surface area contributed by atoms with Gasteiger partial charge in [0.05, 0.1) is 11.9 Å². The van der Waals surface area contributed by atoms with Crippen molar-refractivity contribution in [1.82, 2.24) is 10.2 Å². The van der Waals surface area contributed by atoms with Crippen LogP contribution in [-0.2, 0) is 32.8 Å². The topological polar surface area (TPSA) is 96.0 Å². The molecule has 0 saturated heterocycles. The van der Waals surface area contributed by atoms with Crippen LogP contribution in [0.25, 0.3) is 0 Å². The fraction of sp³-hybridized carbons (Fsp3) is 0.394. The third-order valence-electron chi connectivity index (χ3n) is 7.74. The normalized spacial score (nSPS) is 14.3. The van der Waals surface area contributed by atoms with Crippen LogP contribution in [0.4, 0.5) is 5.69 Å². The number of nitrogens with one attached hydrogen (secondary N) is 1. The number of carbonyl (C=O) groups is 2. The zero-order valence-electron chi connectivity index (χ0n) is 24.7. The van der Waals surface area contributed by atoms with Gasteiger partial charge in [-0.25, -0.2) is 8.42 Å². The van der Waals surface area contributed by atoms with Crippen molar-refractivity contribution in [3.05, 3.63) is 95.6 Å². The minimum absolute atomic E-state index is 0.108. The molecular weight excluding hydrogens is 550 g/mol. The van der Waals surface area contributed by atoms with E-state index in [9.17, 15) is 18.0 Å². The van der Waals surface area contributed by atoms with E-state index in [1.165, 1.54) is 4.90 Å². The summed E-state index contributed by atoms with van der Waals surface area (Å²) < 4.78 is 32.8. The molecule has 0 aliphatic heterocycles. The van der Waals surface area contributed by atoms with Crippen molar-refractivity contribution in [3.8, 4) is 5.75 Å². The van der Waals surface area contributed by atoms with Gasteiger partial charge in [0.15, 0.2) is 0 Å². The maximum absolute atomic E-state index is 14.0. The number of benzene rings is 3. The van der Waals surface area contributed by atoms with Gasteiger partial charge in [-0.2, -0.15) is 0 Å². The van der Waals surface area contributed by atoms with Crippen LogP contribution in [0.2, 0.25) is 0 Å². The molecule has 0 spiro atoms. The number of sulfonamides is 1. The summed E-state index contributed by atoms with van der Waals surface area (Å²) in [7, 11) is -3.82. The highest BCUT2D eigenvalue weighted by Gasteiger charge is 2.33. The lowest BCUT2D eigenvalue weighted by molar-refractivity contribution is -0.140. The molecule has 0 radical (unpaired) electrons. The summed E-state index contributed by atoms with van der Waals surface area (Å²) in [4.78, 5) is 29.0. The van der Waals surface area contributed by atoms with Crippen LogP contribution in [-0.4, -0.2) is 50.0 Å². The van der Waals surface area contributed by atoms with Crippen molar-refractivity contribution >= 4 is 27.5 Å². The number of hydrogen-bond acceptors (Lipinski definition) is 5. The van der Waals surface area contributed by atoms with E-state index in [0.717, 1.165) is 52.9 Å². The summed E-state index contributed by atoms with van der Waals surface area (Å²) in [5, 5.41) is 3.13. The van der Waals surface area contributed by atoms with Crippen molar-refractivity contribution in [2.75, 3.05) is 17.1 Å². The summed E-state index contributed by atoms with van der Waals surface area (Å²) in [5.74, 6) is -0.0585. The Balaban J connectivity index is 1.55. The minimum atomic E-state index is -3.82. The summed E-state index contributed by atoms with van der Waals surface area (Å²) in [6.45, 7) is 3.99. The molecular formula is C33H41N3O5S. The molecule has 1 fully saturated rings. The molecule has 0 heterocycles. The monoisotopic (exact) mass is 591 g/mol. The predicted octanol–water partition coefficient (Wildman–Crippen LogP) is 5.21. The van der Waals surface area contributed by atoms with Crippen molar-refractivity contribution in [2.24, 2.45) is 0 Å². The van der Waals surface area contributed by atoms with Gasteiger partial charge in [0.25, 0.3) is 0 Å². The Morgan fingerprint density at radius 2 is 1.60 bits per heavy atom. The molecule has 42 heavy (non-hydrogen) atoms. The Bertz CT molecular complexity index is 1440. The van der Waals surface area contributed by atoms with E-state index >= 15 is 0 Å². The van der Waals surface area contributed by atoms with Crippen LogP contribution in [0.5, 0.6) is 5.75 Å². The number of ether oxygens (including phenoxy) is 1. The second-order valence-electron chi connectivity index (χ2n) is 10.9. The largest absolute Gasteiger partial charge is 0.489 e. The van der Waals surface area contributed by atoms with E-state index in [1.54, 1.807) is 24.3 Å². The molecule has 224 valence electrons. The Morgan fingerprint density at radius 1 is 0.952 bits per heavy atom. The number of aryl methyl sites for hydroxylation is 1. The van der Waals surface area contributed by atoms with E-state index in [0.29, 0.717) is 24.5 Å². The number of carbonyl (C=O) groups excluding carboxylic acids is 2. The number of anilines is 1. The molecule has 0 aromatic heterocycles. The van der Waals surface area contributed by atoms with Gasteiger partial charge in [-0.1, -0.05) is 74.4 Å². The molecule has 0 bridgehead atoms. The minimum Gasteiger partial charge on any atom is -0.489 e. The first kappa shape index (κ1) is 31.1. The zero-order valence-corrected chi connectivity index (χ0v) is 25.5. The summed E-state index contributed by atoms with van der Waals surface area (Å²) >= 11 is 0.